The van der Waals surface area contributed by atoms with Crippen molar-refractivity contribution in [2.75, 3.05) is 24.2 Å². The first kappa shape index (κ1) is 14.1. The number of nitrogen functional groups attached to an aromatic ring is 1. The van der Waals surface area contributed by atoms with Gasteiger partial charge in [0.2, 0.25) is 0 Å². The van der Waals surface area contributed by atoms with Gasteiger partial charge in [-0.15, -0.1) is 0 Å². The van der Waals surface area contributed by atoms with E-state index in [9.17, 15) is 0 Å². The molecule has 19 heavy (non-hydrogen) atoms. The third-order valence-corrected chi connectivity index (χ3v) is 3.52. The van der Waals surface area contributed by atoms with Gasteiger partial charge in [0, 0.05) is 18.7 Å². The van der Waals surface area contributed by atoms with Crippen LogP contribution in [0.3, 0.4) is 0 Å². The Morgan fingerprint density at radius 1 is 1.42 bits per heavy atom. The largest absolute Gasteiger partial charge is 0.383 e. The molecule has 0 bridgehead atoms. The Balaban J connectivity index is 1.90. The Hall–Kier alpha value is -1.36. The summed E-state index contributed by atoms with van der Waals surface area (Å²) in [5.74, 6) is 1.74. The second-order valence-electron chi connectivity index (χ2n) is 5.38. The van der Waals surface area contributed by atoms with Crippen molar-refractivity contribution < 1.29 is 4.74 Å². The van der Waals surface area contributed by atoms with Crippen molar-refractivity contribution in [3.63, 3.8) is 0 Å². The summed E-state index contributed by atoms with van der Waals surface area (Å²) in [6.45, 7) is 5.97. The molecule has 1 saturated heterocycles. The van der Waals surface area contributed by atoms with Crippen LogP contribution in [0.15, 0.2) is 6.33 Å². The van der Waals surface area contributed by atoms with Crippen LogP contribution in [-0.2, 0) is 4.74 Å². The third kappa shape index (κ3) is 3.80. The number of hydrogen-bond acceptors (Lipinski definition) is 5. The topological polar surface area (TPSA) is 73.1 Å². The lowest BCUT2D eigenvalue weighted by atomic mass is 10.0. The third-order valence-electron chi connectivity index (χ3n) is 3.52. The van der Waals surface area contributed by atoms with Crippen LogP contribution in [-0.4, -0.2) is 29.2 Å². The van der Waals surface area contributed by atoms with E-state index in [1.807, 2.05) is 0 Å². The Morgan fingerprint density at radius 3 is 2.95 bits per heavy atom. The van der Waals surface area contributed by atoms with Crippen molar-refractivity contribution >= 4 is 11.6 Å². The summed E-state index contributed by atoms with van der Waals surface area (Å²) in [5.41, 5.74) is 6.93. The van der Waals surface area contributed by atoms with Crippen LogP contribution >= 0.6 is 0 Å². The molecule has 1 atom stereocenters. The summed E-state index contributed by atoms with van der Waals surface area (Å²) in [6, 6.07) is 0. The summed E-state index contributed by atoms with van der Waals surface area (Å²) in [4.78, 5) is 8.36. The average Bonchev–Trinajstić information content (AvgIpc) is 2.39. The van der Waals surface area contributed by atoms with Gasteiger partial charge < -0.3 is 15.8 Å². The fourth-order valence-corrected chi connectivity index (χ4v) is 2.51. The zero-order valence-corrected chi connectivity index (χ0v) is 11.9. The highest BCUT2D eigenvalue weighted by Crippen LogP contribution is 2.26. The number of hydrogen-bond donors (Lipinski definition) is 2. The number of nitrogens with two attached hydrogens (primary N) is 1. The molecule has 0 radical (unpaired) electrons. The number of ether oxygens (including phenoxy) is 1. The number of anilines is 2. The molecule has 0 aromatic carbocycles. The van der Waals surface area contributed by atoms with Gasteiger partial charge in [0.1, 0.15) is 18.0 Å². The first-order valence-electron chi connectivity index (χ1n) is 7.14. The van der Waals surface area contributed by atoms with Crippen LogP contribution in [0.5, 0.6) is 0 Å². The molecule has 5 heteroatoms. The second kappa shape index (κ2) is 6.70. The number of aromatic nitrogens is 2. The van der Waals surface area contributed by atoms with E-state index >= 15 is 0 Å². The molecule has 106 valence electrons. The van der Waals surface area contributed by atoms with Gasteiger partial charge in [0.25, 0.3) is 0 Å². The Bertz CT molecular complexity index is 402. The first-order chi connectivity index (χ1) is 9.18. The zero-order chi connectivity index (χ0) is 13.7. The van der Waals surface area contributed by atoms with Crippen LogP contribution in [0.2, 0.25) is 0 Å². The van der Waals surface area contributed by atoms with Gasteiger partial charge in [-0.1, -0.05) is 13.8 Å². The molecule has 1 aliphatic rings. The predicted octanol–water partition coefficient (Wildman–Crippen LogP) is 2.55. The van der Waals surface area contributed by atoms with E-state index in [1.54, 1.807) is 0 Å². The maximum Gasteiger partial charge on any atom is 0.134 e. The van der Waals surface area contributed by atoms with Gasteiger partial charge in [-0.3, -0.25) is 0 Å². The van der Waals surface area contributed by atoms with Gasteiger partial charge in [-0.25, -0.2) is 9.97 Å². The fraction of sp³-hybridized carbons (Fsp3) is 0.714. The number of nitrogens with one attached hydrogen (secondary N) is 1. The van der Waals surface area contributed by atoms with Gasteiger partial charge in [0.15, 0.2) is 0 Å². The molecule has 3 N–H and O–H groups in total. The van der Waals surface area contributed by atoms with Crippen LogP contribution in [0.25, 0.3) is 0 Å². The fourth-order valence-electron chi connectivity index (χ4n) is 2.51. The van der Waals surface area contributed by atoms with Gasteiger partial charge in [-0.2, -0.15) is 0 Å². The van der Waals surface area contributed by atoms with Gasteiger partial charge in [0.05, 0.1) is 6.10 Å². The van der Waals surface area contributed by atoms with Gasteiger partial charge in [-0.05, 0) is 31.6 Å². The molecule has 2 heterocycles. The standard InChI is InChI=1S/C14H24N4O/c1-10(2)12-13(15)17-9-18-14(12)16-7-6-11-5-3-4-8-19-11/h9-11H,3-8H2,1-2H3,(H3,15,16,17,18). The SMILES string of the molecule is CC(C)c1c(N)ncnc1NCCC1CCCCO1. The molecular formula is C14H24N4O. The normalized spacial score (nSPS) is 19.6. The molecule has 0 amide bonds. The van der Waals surface area contributed by atoms with E-state index in [2.05, 4.69) is 29.1 Å². The van der Waals surface area contributed by atoms with Crippen LogP contribution in [0.1, 0.15) is 51.0 Å². The zero-order valence-electron chi connectivity index (χ0n) is 11.9. The quantitative estimate of drug-likeness (QED) is 0.855. The maximum atomic E-state index is 5.92. The minimum Gasteiger partial charge on any atom is -0.383 e. The highest BCUT2D eigenvalue weighted by molar-refractivity contribution is 5.56. The maximum absolute atomic E-state index is 5.92. The molecule has 2 rings (SSSR count). The van der Waals surface area contributed by atoms with Crippen LogP contribution in [0, 0.1) is 0 Å². The van der Waals surface area contributed by atoms with E-state index in [1.165, 1.54) is 25.6 Å². The van der Waals surface area contributed by atoms with E-state index < -0.39 is 0 Å². The Kier molecular flexibility index (Phi) is 4.96. The molecule has 1 aromatic heterocycles. The van der Waals surface area contributed by atoms with E-state index in [-0.39, 0.29) is 0 Å². The summed E-state index contributed by atoms with van der Waals surface area (Å²) in [6.07, 6.45) is 6.57. The lowest BCUT2D eigenvalue weighted by Crippen LogP contribution is -2.22. The first-order valence-corrected chi connectivity index (χ1v) is 7.14. The molecule has 1 unspecified atom stereocenters. The second-order valence-corrected chi connectivity index (χ2v) is 5.38. The van der Waals surface area contributed by atoms with Crippen molar-refractivity contribution in [3.05, 3.63) is 11.9 Å². The molecule has 1 fully saturated rings. The molecule has 0 spiro atoms. The smallest absolute Gasteiger partial charge is 0.134 e. The van der Waals surface area contributed by atoms with Crippen molar-refractivity contribution in [1.82, 2.24) is 9.97 Å². The number of nitrogens with zero attached hydrogens (tertiary/aromatic N) is 2. The molecule has 1 aliphatic heterocycles. The minimum absolute atomic E-state index is 0.314. The summed E-state index contributed by atoms with van der Waals surface area (Å²) >= 11 is 0. The Labute approximate surface area is 115 Å². The van der Waals surface area contributed by atoms with E-state index in [0.29, 0.717) is 17.8 Å². The lowest BCUT2D eigenvalue weighted by molar-refractivity contribution is 0.0134. The summed E-state index contributed by atoms with van der Waals surface area (Å²) < 4.78 is 5.72. The molecule has 0 aliphatic carbocycles. The van der Waals surface area contributed by atoms with Crippen molar-refractivity contribution in [2.45, 2.75) is 51.6 Å². The Morgan fingerprint density at radius 2 is 2.26 bits per heavy atom. The molecule has 5 nitrogen and oxygen atoms in total. The highest BCUT2D eigenvalue weighted by atomic mass is 16.5. The predicted molar refractivity (Wildman–Crippen MR) is 77.2 cm³/mol. The van der Waals surface area contributed by atoms with E-state index in [0.717, 1.165) is 31.0 Å². The molecule has 1 aromatic rings. The van der Waals surface area contributed by atoms with E-state index in [4.69, 9.17) is 10.5 Å². The minimum atomic E-state index is 0.314. The number of rotatable bonds is 5. The van der Waals surface area contributed by atoms with Crippen LogP contribution in [0.4, 0.5) is 11.6 Å². The van der Waals surface area contributed by atoms with Crippen molar-refractivity contribution in [3.8, 4) is 0 Å². The van der Waals surface area contributed by atoms with Crippen molar-refractivity contribution in [2.24, 2.45) is 0 Å². The lowest BCUT2D eigenvalue weighted by Gasteiger charge is -2.23. The highest BCUT2D eigenvalue weighted by Gasteiger charge is 2.15. The summed E-state index contributed by atoms with van der Waals surface area (Å²) in [7, 11) is 0. The summed E-state index contributed by atoms with van der Waals surface area (Å²) in [5, 5.41) is 3.37. The molecule has 0 saturated carbocycles. The van der Waals surface area contributed by atoms with Crippen molar-refractivity contribution in [1.29, 1.82) is 0 Å². The van der Waals surface area contributed by atoms with Crippen LogP contribution < -0.4 is 11.1 Å². The monoisotopic (exact) mass is 264 g/mol. The average molecular weight is 264 g/mol. The molecular weight excluding hydrogens is 240 g/mol. The van der Waals surface area contributed by atoms with Gasteiger partial charge >= 0.3 is 0 Å².